The molecule has 0 amide bonds. The topological polar surface area (TPSA) is 38.1 Å². The van der Waals surface area contributed by atoms with Crippen molar-refractivity contribution < 1.29 is 4.42 Å². The largest absolute Gasteiger partial charge is 0.445 e. The maximum absolute atomic E-state index is 5.99. The van der Waals surface area contributed by atoms with E-state index in [9.17, 15) is 0 Å². The molecule has 1 heterocycles. The summed E-state index contributed by atoms with van der Waals surface area (Å²) in [6, 6.07) is 0. The maximum Gasteiger partial charge on any atom is 0.194 e. The monoisotopic (exact) mass is 278 g/mol. The van der Waals surface area contributed by atoms with E-state index >= 15 is 0 Å². The van der Waals surface area contributed by atoms with Gasteiger partial charge in [-0.1, -0.05) is 39.0 Å². The summed E-state index contributed by atoms with van der Waals surface area (Å²) in [5.74, 6) is 2.69. The number of nitrogens with one attached hydrogen (secondary N) is 1. The molecule has 0 aromatic carbocycles. The molecule has 1 saturated carbocycles. The van der Waals surface area contributed by atoms with Gasteiger partial charge >= 0.3 is 0 Å². The third-order valence-corrected chi connectivity index (χ3v) is 4.25. The zero-order valence-electron chi connectivity index (χ0n) is 13.0. The minimum atomic E-state index is 0.620. The Bertz CT molecular complexity index is 354. The van der Waals surface area contributed by atoms with Crippen molar-refractivity contribution in [2.45, 2.75) is 77.0 Å². The molecular weight excluding hydrogens is 248 g/mol. The number of hydrogen-bond acceptors (Lipinski definition) is 3. The maximum atomic E-state index is 5.99. The van der Waals surface area contributed by atoms with Gasteiger partial charge in [0, 0.05) is 12.3 Å². The molecule has 1 aliphatic rings. The smallest absolute Gasteiger partial charge is 0.194 e. The molecule has 1 fully saturated rings. The van der Waals surface area contributed by atoms with Gasteiger partial charge in [0.25, 0.3) is 0 Å². The van der Waals surface area contributed by atoms with Gasteiger partial charge in [0.2, 0.25) is 0 Å². The number of nitrogens with zero attached hydrogens (tertiary/aromatic N) is 1. The highest BCUT2D eigenvalue weighted by Crippen LogP contribution is 2.31. The molecule has 1 aliphatic carbocycles. The minimum absolute atomic E-state index is 0.620. The summed E-state index contributed by atoms with van der Waals surface area (Å²) >= 11 is 0. The SMILES string of the molecule is CCCNCCCc1ncc(C2CCCCCCC2)o1. The Kier molecular flexibility index (Phi) is 7.13. The van der Waals surface area contributed by atoms with Gasteiger partial charge in [-0.05, 0) is 38.8 Å². The Morgan fingerprint density at radius 2 is 1.90 bits per heavy atom. The quantitative estimate of drug-likeness (QED) is 0.750. The molecule has 1 aromatic heterocycles. The number of hydrogen-bond donors (Lipinski definition) is 1. The summed E-state index contributed by atoms with van der Waals surface area (Å²) in [6.45, 7) is 4.37. The van der Waals surface area contributed by atoms with Crippen molar-refractivity contribution in [2.24, 2.45) is 0 Å². The van der Waals surface area contributed by atoms with Gasteiger partial charge in [0.05, 0.1) is 6.20 Å². The first-order chi connectivity index (χ1) is 9.90. The van der Waals surface area contributed by atoms with Gasteiger partial charge in [-0.3, -0.25) is 0 Å². The van der Waals surface area contributed by atoms with Gasteiger partial charge in [-0.25, -0.2) is 4.98 Å². The third-order valence-electron chi connectivity index (χ3n) is 4.25. The molecule has 0 radical (unpaired) electrons. The predicted molar refractivity (Wildman–Crippen MR) is 83.0 cm³/mol. The summed E-state index contributed by atoms with van der Waals surface area (Å²) in [4.78, 5) is 4.47. The van der Waals surface area contributed by atoms with Crippen molar-refractivity contribution in [2.75, 3.05) is 13.1 Å². The molecule has 3 nitrogen and oxygen atoms in total. The lowest BCUT2D eigenvalue weighted by Gasteiger charge is -2.16. The average molecular weight is 278 g/mol. The van der Waals surface area contributed by atoms with Crippen LogP contribution in [0.25, 0.3) is 0 Å². The fraction of sp³-hybridized carbons (Fsp3) is 0.824. The molecule has 20 heavy (non-hydrogen) atoms. The fourth-order valence-corrected chi connectivity index (χ4v) is 3.04. The van der Waals surface area contributed by atoms with E-state index < -0.39 is 0 Å². The number of aromatic nitrogens is 1. The molecule has 1 N–H and O–H groups in total. The lowest BCUT2D eigenvalue weighted by molar-refractivity contribution is 0.369. The molecule has 0 unspecified atom stereocenters. The van der Waals surface area contributed by atoms with Crippen LogP contribution in [0.5, 0.6) is 0 Å². The second kappa shape index (κ2) is 9.17. The Morgan fingerprint density at radius 1 is 1.15 bits per heavy atom. The second-order valence-electron chi connectivity index (χ2n) is 6.05. The zero-order valence-corrected chi connectivity index (χ0v) is 13.0. The van der Waals surface area contributed by atoms with Crippen molar-refractivity contribution in [1.29, 1.82) is 0 Å². The van der Waals surface area contributed by atoms with E-state index in [1.165, 1.54) is 51.4 Å². The van der Waals surface area contributed by atoms with Crippen molar-refractivity contribution in [3.05, 3.63) is 17.8 Å². The lowest BCUT2D eigenvalue weighted by atomic mass is 9.90. The number of aryl methyl sites for hydroxylation is 1. The van der Waals surface area contributed by atoms with E-state index in [1.807, 2.05) is 6.20 Å². The zero-order chi connectivity index (χ0) is 14.0. The van der Waals surface area contributed by atoms with Crippen molar-refractivity contribution >= 4 is 0 Å². The van der Waals surface area contributed by atoms with Crippen molar-refractivity contribution in [1.82, 2.24) is 10.3 Å². The van der Waals surface area contributed by atoms with Crippen molar-refractivity contribution in [3.8, 4) is 0 Å². The van der Waals surface area contributed by atoms with E-state index in [-0.39, 0.29) is 0 Å². The van der Waals surface area contributed by atoms with Crippen LogP contribution >= 0.6 is 0 Å². The number of rotatable bonds is 7. The van der Waals surface area contributed by atoms with E-state index in [0.717, 1.165) is 37.6 Å². The molecule has 0 saturated heterocycles. The Hall–Kier alpha value is -0.830. The van der Waals surface area contributed by atoms with Gasteiger partial charge < -0.3 is 9.73 Å². The molecule has 114 valence electrons. The van der Waals surface area contributed by atoms with Crippen LogP contribution < -0.4 is 5.32 Å². The molecule has 0 bridgehead atoms. The molecular formula is C17H30N2O. The summed E-state index contributed by atoms with van der Waals surface area (Å²) in [7, 11) is 0. The number of oxazole rings is 1. The van der Waals surface area contributed by atoms with Gasteiger partial charge in [0.15, 0.2) is 5.89 Å². The second-order valence-corrected chi connectivity index (χ2v) is 6.05. The van der Waals surface area contributed by atoms with Crippen LogP contribution in [0.3, 0.4) is 0 Å². The first-order valence-electron chi connectivity index (χ1n) is 8.55. The van der Waals surface area contributed by atoms with Crippen molar-refractivity contribution in [3.63, 3.8) is 0 Å². The van der Waals surface area contributed by atoms with Crippen LogP contribution in [0.1, 0.15) is 82.3 Å². The first-order valence-corrected chi connectivity index (χ1v) is 8.55. The van der Waals surface area contributed by atoms with Crippen LogP contribution in [0.2, 0.25) is 0 Å². The summed E-state index contributed by atoms with van der Waals surface area (Å²) in [5.41, 5.74) is 0. The predicted octanol–water partition coefficient (Wildman–Crippen LogP) is 4.43. The summed E-state index contributed by atoms with van der Waals surface area (Å²) < 4.78 is 5.99. The third kappa shape index (κ3) is 5.28. The van der Waals surface area contributed by atoms with E-state index in [2.05, 4.69) is 17.2 Å². The van der Waals surface area contributed by atoms with Crippen LogP contribution in [-0.2, 0) is 6.42 Å². The average Bonchev–Trinajstić information content (AvgIpc) is 2.87. The molecule has 3 heteroatoms. The highest BCUT2D eigenvalue weighted by molar-refractivity contribution is 5.02. The molecule has 0 aliphatic heterocycles. The normalized spacial score (nSPS) is 17.9. The van der Waals surface area contributed by atoms with Gasteiger partial charge in [-0.15, -0.1) is 0 Å². The van der Waals surface area contributed by atoms with E-state index in [0.29, 0.717) is 5.92 Å². The van der Waals surface area contributed by atoms with E-state index in [1.54, 1.807) is 0 Å². The van der Waals surface area contributed by atoms with E-state index in [4.69, 9.17) is 4.42 Å². The molecule has 2 rings (SSSR count). The highest BCUT2D eigenvalue weighted by atomic mass is 16.4. The molecule has 0 atom stereocenters. The Balaban J connectivity index is 1.75. The Labute approximate surface area is 123 Å². The van der Waals surface area contributed by atoms with Gasteiger partial charge in [0.1, 0.15) is 5.76 Å². The summed E-state index contributed by atoms with van der Waals surface area (Å²) in [6.07, 6.45) is 14.7. The highest BCUT2D eigenvalue weighted by Gasteiger charge is 2.17. The lowest BCUT2D eigenvalue weighted by Crippen LogP contribution is -2.16. The van der Waals surface area contributed by atoms with Gasteiger partial charge in [-0.2, -0.15) is 0 Å². The summed E-state index contributed by atoms with van der Waals surface area (Å²) in [5, 5.41) is 3.42. The standard InChI is InChI=1S/C17H30N2O/c1-2-12-18-13-8-11-17-19-14-16(20-17)15-9-6-4-3-5-7-10-15/h14-15,18H,2-13H2,1H3. The van der Waals surface area contributed by atoms with Crippen LogP contribution in [-0.4, -0.2) is 18.1 Å². The van der Waals surface area contributed by atoms with Crippen LogP contribution in [0.15, 0.2) is 10.6 Å². The van der Waals surface area contributed by atoms with Crippen LogP contribution in [0.4, 0.5) is 0 Å². The fourth-order valence-electron chi connectivity index (χ4n) is 3.04. The first kappa shape index (κ1) is 15.6. The Morgan fingerprint density at radius 3 is 2.65 bits per heavy atom. The molecule has 0 spiro atoms. The molecule has 1 aromatic rings. The van der Waals surface area contributed by atoms with Crippen LogP contribution in [0, 0.1) is 0 Å². The minimum Gasteiger partial charge on any atom is -0.445 e.